The van der Waals surface area contributed by atoms with Gasteiger partial charge in [0.1, 0.15) is 0 Å². The average molecular weight is 228 g/mol. The zero-order valence-electron chi connectivity index (χ0n) is 10.6. The Morgan fingerprint density at radius 2 is 2.19 bits per heavy atom. The van der Waals surface area contributed by atoms with Gasteiger partial charge in [0.2, 0.25) is 5.91 Å². The molecular weight excluding hydrogens is 204 g/mol. The van der Waals surface area contributed by atoms with Crippen molar-refractivity contribution in [2.45, 2.75) is 45.7 Å². The Morgan fingerprint density at radius 3 is 2.75 bits per heavy atom. The van der Waals surface area contributed by atoms with E-state index in [-0.39, 0.29) is 24.6 Å². The summed E-state index contributed by atoms with van der Waals surface area (Å²) in [5, 5.41) is 12.1. The number of likely N-dealkylation sites (tertiary alicyclic amines) is 1. The van der Waals surface area contributed by atoms with Crippen LogP contribution >= 0.6 is 0 Å². The van der Waals surface area contributed by atoms with Crippen molar-refractivity contribution in [3.63, 3.8) is 0 Å². The summed E-state index contributed by atoms with van der Waals surface area (Å²) in [6, 6.07) is 0.391. The summed E-state index contributed by atoms with van der Waals surface area (Å²) in [6.45, 7) is 7.72. The molecule has 0 aromatic heterocycles. The number of aliphatic hydroxyl groups is 1. The molecule has 1 heterocycles. The topological polar surface area (TPSA) is 52.6 Å². The van der Waals surface area contributed by atoms with E-state index in [4.69, 9.17) is 5.11 Å². The second-order valence-electron chi connectivity index (χ2n) is 5.05. The highest BCUT2D eigenvalue weighted by atomic mass is 16.3. The van der Waals surface area contributed by atoms with Gasteiger partial charge in [0.05, 0.1) is 13.2 Å². The highest BCUT2D eigenvalue weighted by Gasteiger charge is 2.25. The van der Waals surface area contributed by atoms with Crippen molar-refractivity contribution in [3.05, 3.63) is 0 Å². The molecule has 2 N–H and O–H groups in total. The summed E-state index contributed by atoms with van der Waals surface area (Å²) in [5.74, 6) is 0.526. The smallest absolute Gasteiger partial charge is 0.234 e. The van der Waals surface area contributed by atoms with Crippen LogP contribution in [0.3, 0.4) is 0 Å². The molecule has 1 aliphatic heterocycles. The first-order valence-corrected chi connectivity index (χ1v) is 6.19. The maximum Gasteiger partial charge on any atom is 0.234 e. The number of carbonyl (C=O) groups excluding carboxylic acids is 1. The third kappa shape index (κ3) is 3.76. The van der Waals surface area contributed by atoms with Crippen LogP contribution in [0.15, 0.2) is 0 Å². The predicted molar refractivity (Wildman–Crippen MR) is 64.1 cm³/mol. The molecular formula is C12H24N2O2. The molecule has 16 heavy (non-hydrogen) atoms. The van der Waals surface area contributed by atoms with Crippen molar-refractivity contribution in [1.82, 2.24) is 10.2 Å². The second-order valence-corrected chi connectivity index (χ2v) is 5.05. The minimum Gasteiger partial charge on any atom is -0.395 e. The SMILES string of the molecule is CC(C)C(C)NC(=O)CN1CCC[C@H]1CO. The van der Waals surface area contributed by atoms with Gasteiger partial charge in [-0.15, -0.1) is 0 Å². The number of amides is 1. The van der Waals surface area contributed by atoms with Gasteiger partial charge >= 0.3 is 0 Å². The Labute approximate surface area is 98.0 Å². The van der Waals surface area contributed by atoms with Crippen molar-refractivity contribution in [2.24, 2.45) is 5.92 Å². The molecule has 0 aromatic rings. The molecule has 0 aromatic carbocycles. The van der Waals surface area contributed by atoms with E-state index in [1.807, 2.05) is 6.92 Å². The number of nitrogens with zero attached hydrogens (tertiary/aromatic N) is 1. The van der Waals surface area contributed by atoms with Crippen molar-refractivity contribution in [3.8, 4) is 0 Å². The number of hydrogen-bond acceptors (Lipinski definition) is 3. The predicted octanol–water partition coefficient (Wildman–Crippen LogP) is 0.604. The van der Waals surface area contributed by atoms with E-state index >= 15 is 0 Å². The van der Waals surface area contributed by atoms with Gasteiger partial charge in [-0.3, -0.25) is 9.69 Å². The largest absolute Gasteiger partial charge is 0.395 e. The van der Waals surface area contributed by atoms with Gasteiger partial charge < -0.3 is 10.4 Å². The first-order chi connectivity index (χ1) is 7.54. The van der Waals surface area contributed by atoms with E-state index in [0.717, 1.165) is 19.4 Å². The quantitative estimate of drug-likeness (QED) is 0.724. The highest BCUT2D eigenvalue weighted by Crippen LogP contribution is 2.15. The molecule has 4 heteroatoms. The summed E-state index contributed by atoms with van der Waals surface area (Å²) in [5.41, 5.74) is 0. The lowest BCUT2D eigenvalue weighted by Gasteiger charge is -2.24. The van der Waals surface area contributed by atoms with Crippen LogP contribution in [0.5, 0.6) is 0 Å². The molecule has 4 nitrogen and oxygen atoms in total. The van der Waals surface area contributed by atoms with Gasteiger partial charge in [0.25, 0.3) is 0 Å². The molecule has 94 valence electrons. The Kier molecular flexibility index (Phi) is 5.22. The van der Waals surface area contributed by atoms with Crippen LogP contribution in [0.1, 0.15) is 33.6 Å². The fourth-order valence-electron chi connectivity index (χ4n) is 1.96. The normalized spacial score (nSPS) is 23.7. The lowest BCUT2D eigenvalue weighted by atomic mass is 10.1. The van der Waals surface area contributed by atoms with E-state index in [1.54, 1.807) is 0 Å². The van der Waals surface area contributed by atoms with Crippen molar-refractivity contribution in [1.29, 1.82) is 0 Å². The van der Waals surface area contributed by atoms with Crippen molar-refractivity contribution in [2.75, 3.05) is 19.7 Å². The van der Waals surface area contributed by atoms with Crippen molar-refractivity contribution < 1.29 is 9.90 Å². The lowest BCUT2D eigenvalue weighted by molar-refractivity contribution is -0.123. The zero-order valence-corrected chi connectivity index (χ0v) is 10.6. The monoisotopic (exact) mass is 228 g/mol. The molecule has 1 rings (SSSR count). The van der Waals surface area contributed by atoms with Gasteiger partial charge in [-0.1, -0.05) is 13.8 Å². The van der Waals surface area contributed by atoms with Crippen LogP contribution < -0.4 is 5.32 Å². The van der Waals surface area contributed by atoms with E-state index in [0.29, 0.717) is 12.5 Å². The first-order valence-electron chi connectivity index (χ1n) is 6.19. The lowest BCUT2D eigenvalue weighted by Crippen LogP contribution is -2.45. The van der Waals surface area contributed by atoms with Gasteiger partial charge in [0.15, 0.2) is 0 Å². The molecule has 0 radical (unpaired) electrons. The number of carbonyl (C=O) groups is 1. The van der Waals surface area contributed by atoms with E-state index in [2.05, 4.69) is 24.1 Å². The third-order valence-corrected chi connectivity index (χ3v) is 3.45. The fourth-order valence-corrected chi connectivity index (χ4v) is 1.96. The third-order valence-electron chi connectivity index (χ3n) is 3.45. The second kappa shape index (κ2) is 6.21. The Balaban J connectivity index is 2.33. The van der Waals surface area contributed by atoms with Crippen molar-refractivity contribution >= 4 is 5.91 Å². The van der Waals surface area contributed by atoms with Crippen LogP contribution in [0.2, 0.25) is 0 Å². The zero-order chi connectivity index (χ0) is 12.1. The molecule has 0 saturated carbocycles. The molecule has 0 spiro atoms. The number of hydrogen-bond donors (Lipinski definition) is 2. The number of aliphatic hydroxyl groups excluding tert-OH is 1. The van der Waals surface area contributed by atoms with Crippen LogP contribution in [0, 0.1) is 5.92 Å². The summed E-state index contributed by atoms with van der Waals surface area (Å²) < 4.78 is 0. The Morgan fingerprint density at radius 1 is 1.50 bits per heavy atom. The standard InChI is InChI=1S/C12H24N2O2/c1-9(2)10(3)13-12(16)7-14-6-4-5-11(14)8-15/h9-11,15H,4-8H2,1-3H3,(H,13,16)/t10?,11-/m0/s1. The minimum atomic E-state index is 0.0709. The first kappa shape index (κ1) is 13.5. The fraction of sp³-hybridized carbons (Fsp3) is 0.917. The summed E-state index contributed by atoms with van der Waals surface area (Å²) in [4.78, 5) is 13.8. The highest BCUT2D eigenvalue weighted by molar-refractivity contribution is 5.78. The van der Waals surface area contributed by atoms with Gasteiger partial charge in [0, 0.05) is 12.1 Å². The summed E-state index contributed by atoms with van der Waals surface area (Å²) in [6.07, 6.45) is 2.09. The van der Waals surface area contributed by atoms with Gasteiger partial charge in [-0.05, 0) is 32.2 Å². The van der Waals surface area contributed by atoms with Crippen LogP contribution in [-0.4, -0.2) is 47.7 Å². The minimum absolute atomic E-state index is 0.0709. The molecule has 1 amide bonds. The van der Waals surface area contributed by atoms with E-state index in [1.165, 1.54) is 0 Å². The molecule has 1 unspecified atom stereocenters. The Hall–Kier alpha value is -0.610. The van der Waals surface area contributed by atoms with Gasteiger partial charge in [-0.2, -0.15) is 0 Å². The van der Waals surface area contributed by atoms with E-state index < -0.39 is 0 Å². The maximum absolute atomic E-state index is 11.7. The average Bonchev–Trinajstić information content (AvgIpc) is 2.64. The molecule has 0 bridgehead atoms. The maximum atomic E-state index is 11.7. The molecule has 1 aliphatic rings. The van der Waals surface area contributed by atoms with Crippen LogP contribution in [-0.2, 0) is 4.79 Å². The summed E-state index contributed by atoms with van der Waals surface area (Å²) in [7, 11) is 0. The van der Waals surface area contributed by atoms with E-state index in [9.17, 15) is 4.79 Å². The van der Waals surface area contributed by atoms with Crippen LogP contribution in [0.4, 0.5) is 0 Å². The molecule has 1 saturated heterocycles. The number of nitrogens with one attached hydrogen (secondary N) is 1. The molecule has 2 atom stereocenters. The summed E-state index contributed by atoms with van der Waals surface area (Å²) >= 11 is 0. The van der Waals surface area contributed by atoms with Gasteiger partial charge in [-0.25, -0.2) is 0 Å². The molecule has 1 fully saturated rings. The molecule has 0 aliphatic carbocycles. The van der Waals surface area contributed by atoms with Crippen LogP contribution in [0.25, 0.3) is 0 Å². The number of rotatable bonds is 5. The Bertz CT molecular complexity index is 231.